The van der Waals surface area contributed by atoms with Crippen molar-refractivity contribution in [2.24, 2.45) is 5.41 Å². The van der Waals surface area contributed by atoms with Crippen LogP contribution in [0.1, 0.15) is 53.4 Å². The predicted octanol–water partition coefficient (Wildman–Crippen LogP) is 2.07. The van der Waals surface area contributed by atoms with Gasteiger partial charge in [0.1, 0.15) is 0 Å². The molecule has 1 aliphatic rings. The van der Waals surface area contributed by atoms with Gasteiger partial charge in [0.2, 0.25) is 5.91 Å². The summed E-state index contributed by atoms with van der Waals surface area (Å²) in [6.45, 7) is 9.78. The Morgan fingerprint density at radius 2 is 1.94 bits per heavy atom. The molecule has 0 aromatic rings. The molecule has 3 nitrogen and oxygen atoms in total. The maximum atomic E-state index is 12.0. The highest BCUT2D eigenvalue weighted by Crippen LogP contribution is 2.48. The normalized spacial score (nSPS) is 18.2. The van der Waals surface area contributed by atoms with Crippen LogP contribution in [0.4, 0.5) is 0 Å². The van der Waals surface area contributed by atoms with Crippen LogP contribution in [0, 0.1) is 5.41 Å². The zero-order chi connectivity index (χ0) is 12.2. The molecule has 0 saturated heterocycles. The molecule has 0 radical (unpaired) electrons. The summed E-state index contributed by atoms with van der Waals surface area (Å²) in [5.74, 6) is 0.122. The lowest BCUT2D eigenvalue weighted by Gasteiger charge is -2.26. The molecule has 1 amide bonds. The quantitative estimate of drug-likeness (QED) is 0.698. The monoisotopic (exact) mass is 226 g/mol. The van der Waals surface area contributed by atoms with E-state index >= 15 is 0 Å². The molecule has 1 rings (SSSR count). The van der Waals surface area contributed by atoms with Crippen LogP contribution in [0.5, 0.6) is 0 Å². The van der Waals surface area contributed by atoms with Gasteiger partial charge in [0.05, 0.1) is 5.54 Å². The average molecular weight is 226 g/mol. The summed E-state index contributed by atoms with van der Waals surface area (Å²) in [6.07, 6.45) is 5.02. The fourth-order valence-electron chi connectivity index (χ4n) is 2.23. The Labute approximate surface area is 99.4 Å². The van der Waals surface area contributed by atoms with E-state index in [4.69, 9.17) is 0 Å². The Kier molecular flexibility index (Phi) is 4.36. The highest BCUT2D eigenvalue weighted by molar-refractivity contribution is 5.85. The van der Waals surface area contributed by atoms with Gasteiger partial charge in [-0.1, -0.05) is 20.3 Å². The summed E-state index contributed by atoms with van der Waals surface area (Å²) in [6, 6.07) is 0. The van der Waals surface area contributed by atoms with Crippen LogP contribution in [0.15, 0.2) is 0 Å². The summed E-state index contributed by atoms with van der Waals surface area (Å²) >= 11 is 0. The molecule has 0 heterocycles. The zero-order valence-corrected chi connectivity index (χ0v) is 11.2. The van der Waals surface area contributed by atoms with Gasteiger partial charge in [0, 0.05) is 6.54 Å². The topological polar surface area (TPSA) is 41.1 Å². The molecule has 3 heteroatoms. The summed E-state index contributed by atoms with van der Waals surface area (Å²) in [4.78, 5) is 12.0. The van der Waals surface area contributed by atoms with Gasteiger partial charge in [-0.25, -0.2) is 0 Å². The number of likely N-dealkylation sites (N-methyl/N-ethyl adjacent to an activating group) is 1. The lowest BCUT2D eigenvalue weighted by molar-refractivity contribution is -0.126. The molecule has 0 aliphatic heterocycles. The van der Waals surface area contributed by atoms with Crippen molar-refractivity contribution in [2.75, 3.05) is 13.1 Å². The van der Waals surface area contributed by atoms with Gasteiger partial charge in [-0.05, 0) is 45.1 Å². The smallest absolute Gasteiger partial charge is 0.239 e. The molecular weight excluding hydrogens is 200 g/mol. The number of carbonyl (C=O) groups is 1. The zero-order valence-electron chi connectivity index (χ0n) is 11.2. The lowest BCUT2D eigenvalue weighted by Crippen LogP contribution is -2.53. The molecule has 0 unspecified atom stereocenters. The molecule has 2 N–H and O–H groups in total. The van der Waals surface area contributed by atoms with Crippen LogP contribution in [-0.2, 0) is 4.79 Å². The van der Waals surface area contributed by atoms with E-state index in [1.807, 2.05) is 20.8 Å². The number of hydrogen-bond donors (Lipinski definition) is 2. The van der Waals surface area contributed by atoms with Gasteiger partial charge in [-0.2, -0.15) is 0 Å². The van der Waals surface area contributed by atoms with Gasteiger partial charge >= 0.3 is 0 Å². The molecule has 1 fully saturated rings. The first-order valence-corrected chi connectivity index (χ1v) is 6.49. The molecule has 16 heavy (non-hydrogen) atoms. The van der Waals surface area contributed by atoms with E-state index in [9.17, 15) is 4.79 Å². The van der Waals surface area contributed by atoms with Crippen molar-refractivity contribution in [3.05, 3.63) is 0 Å². The fourth-order valence-corrected chi connectivity index (χ4v) is 2.23. The molecule has 0 aromatic carbocycles. The maximum Gasteiger partial charge on any atom is 0.239 e. The Balaban J connectivity index is 2.35. The SMILES string of the molecule is CCCC1(CNC(=O)C(C)(C)NCC)CC1. The summed E-state index contributed by atoms with van der Waals surface area (Å²) < 4.78 is 0. The first kappa shape index (κ1) is 13.5. The van der Waals surface area contributed by atoms with E-state index in [0.29, 0.717) is 5.41 Å². The first-order valence-electron chi connectivity index (χ1n) is 6.49. The van der Waals surface area contributed by atoms with Crippen LogP contribution in [-0.4, -0.2) is 24.5 Å². The standard InChI is InChI=1S/C13H26N2O/c1-5-7-13(8-9-13)10-14-11(16)12(3,4)15-6-2/h15H,5-10H2,1-4H3,(H,14,16). The summed E-state index contributed by atoms with van der Waals surface area (Å²) in [5, 5.41) is 6.29. The van der Waals surface area contributed by atoms with E-state index in [2.05, 4.69) is 17.6 Å². The second-order valence-electron chi connectivity index (χ2n) is 5.59. The van der Waals surface area contributed by atoms with Gasteiger partial charge in [-0.15, -0.1) is 0 Å². The van der Waals surface area contributed by atoms with Crippen LogP contribution >= 0.6 is 0 Å². The second-order valence-corrected chi connectivity index (χ2v) is 5.59. The minimum absolute atomic E-state index is 0.122. The van der Waals surface area contributed by atoms with Crippen molar-refractivity contribution in [1.29, 1.82) is 0 Å². The van der Waals surface area contributed by atoms with E-state index in [0.717, 1.165) is 13.1 Å². The Hall–Kier alpha value is -0.570. The minimum atomic E-state index is -0.447. The number of hydrogen-bond acceptors (Lipinski definition) is 2. The van der Waals surface area contributed by atoms with Crippen LogP contribution < -0.4 is 10.6 Å². The van der Waals surface area contributed by atoms with Crippen LogP contribution in [0.3, 0.4) is 0 Å². The third-order valence-electron chi connectivity index (χ3n) is 3.55. The molecule has 94 valence electrons. The van der Waals surface area contributed by atoms with Crippen molar-refractivity contribution in [3.63, 3.8) is 0 Å². The summed E-state index contributed by atoms with van der Waals surface area (Å²) in [7, 11) is 0. The molecule has 0 bridgehead atoms. The van der Waals surface area contributed by atoms with Crippen molar-refractivity contribution in [1.82, 2.24) is 10.6 Å². The van der Waals surface area contributed by atoms with Crippen molar-refractivity contribution < 1.29 is 4.79 Å². The number of nitrogens with one attached hydrogen (secondary N) is 2. The van der Waals surface area contributed by atoms with Gasteiger partial charge in [0.15, 0.2) is 0 Å². The van der Waals surface area contributed by atoms with Crippen molar-refractivity contribution in [2.45, 2.75) is 58.9 Å². The van der Waals surface area contributed by atoms with E-state index in [1.54, 1.807) is 0 Å². The number of amides is 1. The first-order chi connectivity index (χ1) is 7.46. The molecular formula is C13H26N2O. The predicted molar refractivity (Wildman–Crippen MR) is 67.3 cm³/mol. The maximum absolute atomic E-state index is 12.0. The molecule has 1 saturated carbocycles. The third kappa shape index (κ3) is 3.48. The number of carbonyl (C=O) groups excluding carboxylic acids is 1. The minimum Gasteiger partial charge on any atom is -0.354 e. The molecule has 0 spiro atoms. The second kappa shape index (κ2) is 5.17. The van der Waals surface area contributed by atoms with E-state index in [-0.39, 0.29) is 5.91 Å². The van der Waals surface area contributed by atoms with Gasteiger partial charge in [0.25, 0.3) is 0 Å². The largest absolute Gasteiger partial charge is 0.354 e. The lowest BCUT2D eigenvalue weighted by atomic mass is 9.99. The van der Waals surface area contributed by atoms with E-state index in [1.165, 1.54) is 25.7 Å². The fraction of sp³-hybridized carbons (Fsp3) is 0.923. The molecule has 0 atom stereocenters. The van der Waals surface area contributed by atoms with Crippen LogP contribution in [0.25, 0.3) is 0 Å². The Bertz CT molecular complexity index is 244. The molecule has 1 aliphatic carbocycles. The summed E-state index contributed by atoms with van der Waals surface area (Å²) in [5.41, 5.74) is -0.0102. The van der Waals surface area contributed by atoms with Crippen molar-refractivity contribution in [3.8, 4) is 0 Å². The molecule has 0 aromatic heterocycles. The van der Waals surface area contributed by atoms with Gasteiger partial charge < -0.3 is 10.6 Å². The van der Waals surface area contributed by atoms with Gasteiger partial charge in [-0.3, -0.25) is 4.79 Å². The Morgan fingerprint density at radius 1 is 1.31 bits per heavy atom. The highest BCUT2D eigenvalue weighted by Gasteiger charge is 2.42. The van der Waals surface area contributed by atoms with Crippen LogP contribution in [0.2, 0.25) is 0 Å². The van der Waals surface area contributed by atoms with E-state index < -0.39 is 5.54 Å². The third-order valence-corrected chi connectivity index (χ3v) is 3.55. The Morgan fingerprint density at radius 3 is 2.38 bits per heavy atom. The highest BCUT2D eigenvalue weighted by atomic mass is 16.2. The average Bonchev–Trinajstić information content (AvgIpc) is 2.95. The number of rotatable bonds is 7. The van der Waals surface area contributed by atoms with Crippen molar-refractivity contribution >= 4 is 5.91 Å².